The molecule has 1 heterocycles. The average molecular weight is 407 g/mol. The Kier molecular flexibility index (Phi) is 4.99. The van der Waals surface area contributed by atoms with Gasteiger partial charge in [0.25, 0.3) is 5.91 Å². The normalized spacial score (nSPS) is 10.9. The number of nitrogens with one attached hydrogen (secondary N) is 1. The minimum atomic E-state index is -0.285. The largest absolute Gasteiger partial charge is 0.495 e. The summed E-state index contributed by atoms with van der Waals surface area (Å²) >= 11 is 5.99. The van der Waals surface area contributed by atoms with Gasteiger partial charge in [-0.1, -0.05) is 17.7 Å². The molecule has 0 fully saturated rings. The van der Waals surface area contributed by atoms with Crippen LogP contribution in [0.25, 0.3) is 22.6 Å². The smallest absolute Gasteiger partial charge is 0.255 e. The Bertz CT molecular complexity index is 1190. The first-order valence-corrected chi connectivity index (χ1v) is 9.45. The standard InChI is InChI=1S/C23H19ClN2O3/c1-13-9-18-21(10-14(13)2)29-23(26-18)16-7-8-20(28-3)19(12-16)25-22(27)15-5-4-6-17(24)11-15/h4-12H,1-3H3,(H,25,27). The molecular weight excluding hydrogens is 388 g/mol. The van der Waals surface area contributed by atoms with E-state index in [0.29, 0.717) is 27.9 Å². The number of methoxy groups -OCH3 is 1. The fraction of sp³-hybridized carbons (Fsp3) is 0.130. The fourth-order valence-corrected chi connectivity index (χ4v) is 3.26. The van der Waals surface area contributed by atoms with E-state index < -0.39 is 0 Å². The molecule has 0 unspecified atom stereocenters. The van der Waals surface area contributed by atoms with E-state index in [1.54, 1.807) is 43.5 Å². The number of rotatable bonds is 4. The molecule has 6 heteroatoms. The third kappa shape index (κ3) is 3.82. The van der Waals surface area contributed by atoms with Crippen molar-refractivity contribution in [3.63, 3.8) is 0 Å². The van der Waals surface area contributed by atoms with Crippen LogP contribution in [0.1, 0.15) is 21.5 Å². The molecule has 4 rings (SSSR count). The Hall–Kier alpha value is -3.31. The Morgan fingerprint density at radius 2 is 1.86 bits per heavy atom. The van der Waals surface area contributed by atoms with Crippen LogP contribution in [0.15, 0.2) is 59.0 Å². The van der Waals surface area contributed by atoms with Crippen molar-refractivity contribution >= 4 is 34.3 Å². The van der Waals surface area contributed by atoms with E-state index >= 15 is 0 Å². The lowest BCUT2D eigenvalue weighted by Gasteiger charge is -2.11. The summed E-state index contributed by atoms with van der Waals surface area (Å²) in [6.07, 6.45) is 0. The number of halogens is 1. The maximum absolute atomic E-state index is 12.6. The Morgan fingerprint density at radius 3 is 2.62 bits per heavy atom. The van der Waals surface area contributed by atoms with Crippen LogP contribution < -0.4 is 10.1 Å². The van der Waals surface area contributed by atoms with Crippen molar-refractivity contribution in [3.05, 3.63) is 76.3 Å². The van der Waals surface area contributed by atoms with Crippen LogP contribution in [0.3, 0.4) is 0 Å². The summed E-state index contributed by atoms with van der Waals surface area (Å²) in [6, 6.07) is 16.1. The van der Waals surface area contributed by atoms with E-state index in [0.717, 1.165) is 27.8 Å². The first kappa shape index (κ1) is 19.0. The zero-order chi connectivity index (χ0) is 20.5. The number of oxazole rings is 1. The predicted octanol–water partition coefficient (Wildman–Crippen LogP) is 6.03. The molecule has 1 N–H and O–H groups in total. The van der Waals surface area contributed by atoms with E-state index in [1.165, 1.54) is 0 Å². The van der Waals surface area contributed by atoms with Crippen LogP contribution in [0.2, 0.25) is 5.02 Å². The van der Waals surface area contributed by atoms with Crippen molar-refractivity contribution in [1.82, 2.24) is 4.98 Å². The molecule has 1 aromatic heterocycles. The Labute approximate surface area is 173 Å². The number of hydrogen-bond donors (Lipinski definition) is 1. The van der Waals surface area contributed by atoms with Gasteiger partial charge >= 0.3 is 0 Å². The summed E-state index contributed by atoms with van der Waals surface area (Å²) in [4.78, 5) is 17.2. The number of nitrogens with zero attached hydrogens (tertiary/aromatic N) is 1. The second-order valence-electron chi connectivity index (χ2n) is 6.80. The van der Waals surface area contributed by atoms with Crippen LogP contribution in [0.5, 0.6) is 5.75 Å². The predicted molar refractivity (Wildman–Crippen MR) is 115 cm³/mol. The van der Waals surface area contributed by atoms with Crippen LogP contribution >= 0.6 is 11.6 Å². The minimum Gasteiger partial charge on any atom is -0.495 e. The number of anilines is 1. The zero-order valence-electron chi connectivity index (χ0n) is 16.2. The summed E-state index contributed by atoms with van der Waals surface area (Å²) in [5.74, 6) is 0.726. The molecule has 4 aromatic rings. The van der Waals surface area contributed by atoms with Crippen molar-refractivity contribution in [2.45, 2.75) is 13.8 Å². The molecule has 0 bridgehead atoms. The number of aryl methyl sites for hydroxylation is 2. The van der Waals surface area contributed by atoms with Crippen LogP contribution in [0.4, 0.5) is 5.69 Å². The van der Waals surface area contributed by atoms with Gasteiger partial charge in [0.15, 0.2) is 5.58 Å². The summed E-state index contributed by atoms with van der Waals surface area (Å²) in [7, 11) is 1.55. The summed E-state index contributed by atoms with van der Waals surface area (Å²) < 4.78 is 11.3. The van der Waals surface area contributed by atoms with Crippen LogP contribution in [-0.4, -0.2) is 18.0 Å². The van der Waals surface area contributed by atoms with Gasteiger partial charge in [-0.25, -0.2) is 4.98 Å². The number of benzene rings is 3. The van der Waals surface area contributed by atoms with Crippen LogP contribution in [0, 0.1) is 13.8 Å². The average Bonchev–Trinajstić information content (AvgIpc) is 3.11. The van der Waals surface area contributed by atoms with E-state index in [9.17, 15) is 4.79 Å². The van der Waals surface area contributed by atoms with Crippen molar-refractivity contribution < 1.29 is 13.9 Å². The molecule has 0 aliphatic heterocycles. The topological polar surface area (TPSA) is 64.4 Å². The van der Waals surface area contributed by atoms with Crippen molar-refractivity contribution in [3.8, 4) is 17.2 Å². The minimum absolute atomic E-state index is 0.285. The highest BCUT2D eigenvalue weighted by atomic mass is 35.5. The number of ether oxygens (including phenoxy) is 1. The van der Waals surface area contributed by atoms with E-state index in [-0.39, 0.29) is 5.91 Å². The summed E-state index contributed by atoms with van der Waals surface area (Å²) in [6.45, 7) is 4.08. The number of hydrogen-bond acceptors (Lipinski definition) is 4. The second kappa shape index (κ2) is 7.60. The van der Waals surface area contributed by atoms with Gasteiger partial charge in [0.05, 0.1) is 12.8 Å². The summed E-state index contributed by atoms with van der Waals surface area (Å²) in [5, 5.41) is 3.37. The second-order valence-corrected chi connectivity index (χ2v) is 7.24. The van der Waals surface area contributed by atoms with Gasteiger partial charge in [-0.15, -0.1) is 0 Å². The van der Waals surface area contributed by atoms with Gasteiger partial charge in [0.2, 0.25) is 5.89 Å². The van der Waals surface area contributed by atoms with E-state index in [2.05, 4.69) is 10.3 Å². The highest BCUT2D eigenvalue weighted by Gasteiger charge is 2.15. The third-order valence-corrected chi connectivity index (χ3v) is 5.02. The highest BCUT2D eigenvalue weighted by Crippen LogP contribution is 2.33. The number of carbonyl (C=O) groups is 1. The van der Waals surface area contributed by atoms with Gasteiger partial charge in [0, 0.05) is 16.1 Å². The number of fused-ring (bicyclic) bond motifs is 1. The molecule has 0 spiro atoms. The van der Waals surface area contributed by atoms with Crippen molar-refractivity contribution in [1.29, 1.82) is 0 Å². The first-order chi connectivity index (χ1) is 13.9. The number of aromatic nitrogens is 1. The number of amides is 1. The Morgan fingerprint density at radius 1 is 1.07 bits per heavy atom. The van der Waals surface area contributed by atoms with E-state index in [4.69, 9.17) is 20.8 Å². The molecule has 5 nitrogen and oxygen atoms in total. The molecule has 0 aliphatic carbocycles. The maximum Gasteiger partial charge on any atom is 0.255 e. The Balaban J connectivity index is 1.71. The highest BCUT2D eigenvalue weighted by molar-refractivity contribution is 6.31. The monoisotopic (exact) mass is 406 g/mol. The molecule has 29 heavy (non-hydrogen) atoms. The van der Waals surface area contributed by atoms with Gasteiger partial charge in [-0.05, 0) is 73.5 Å². The molecule has 3 aromatic carbocycles. The molecule has 0 aliphatic rings. The number of carbonyl (C=O) groups excluding carboxylic acids is 1. The SMILES string of the molecule is COc1ccc(-c2nc3cc(C)c(C)cc3o2)cc1NC(=O)c1cccc(Cl)c1. The molecule has 0 saturated heterocycles. The summed E-state index contributed by atoms with van der Waals surface area (Å²) in [5.41, 5.74) is 5.53. The molecular formula is C23H19ClN2O3. The quantitative estimate of drug-likeness (QED) is 0.449. The van der Waals surface area contributed by atoms with Crippen molar-refractivity contribution in [2.24, 2.45) is 0 Å². The van der Waals surface area contributed by atoms with E-state index in [1.807, 2.05) is 32.0 Å². The lowest BCUT2D eigenvalue weighted by atomic mass is 10.1. The molecule has 0 saturated carbocycles. The first-order valence-electron chi connectivity index (χ1n) is 9.08. The molecule has 0 radical (unpaired) electrons. The zero-order valence-corrected chi connectivity index (χ0v) is 17.0. The van der Waals surface area contributed by atoms with Crippen molar-refractivity contribution in [2.75, 3.05) is 12.4 Å². The maximum atomic E-state index is 12.6. The molecule has 0 atom stereocenters. The molecule has 1 amide bonds. The molecule has 146 valence electrons. The fourth-order valence-electron chi connectivity index (χ4n) is 3.07. The van der Waals surface area contributed by atoms with Gasteiger partial charge in [0.1, 0.15) is 11.3 Å². The lowest BCUT2D eigenvalue weighted by molar-refractivity contribution is 0.102. The third-order valence-electron chi connectivity index (χ3n) is 4.79. The van der Waals surface area contributed by atoms with Gasteiger partial charge < -0.3 is 14.5 Å². The van der Waals surface area contributed by atoms with Crippen LogP contribution in [-0.2, 0) is 0 Å². The lowest BCUT2D eigenvalue weighted by Crippen LogP contribution is -2.12. The van der Waals surface area contributed by atoms with Gasteiger partial charge in [-0.2, -0.15) is 0 Å². The van der Waals surface area contributed by atoms with Gasteiger partial charge in [-0.3, -0.25) is 4.79 Å².